The predicted octanol–water partition coefficient (Wildman–Crippen LogP) is -0.664. The number of hydrogen-bond acceptors (Lipinski definition) is 2. The molecule has 0 saturated heterocycles. The van der Waals surface area contributed by atoms with Crippen LogP contribution in [-0.4, -0.2) is 9.61 Å². The molecule has 2 heterocycles. The van der Waals surface area contributed by atoms with Crippen molar-refractivity contribution in [2.45, 2.75) is 0 Å². The van der Waals surface area contributed by atoms with Gasteiger partial charge >= 0.3 is 5.65 Å². The van der Waals surface area contributed by atoms with Crippen LogP contribution in [0.1, 0.15) is 0 Å². The van der Waals surface area contributed by atoms with E-state index in [1.165, 1.54) is 4.68 Å². The Balaban J connectivity index is 2.93. The van der Waals surface area contributed by atoms with Crippen molar-refractivity contribution >= 4 is 5.65 Å². The van der Waals surface area contributed by atoms with E-state index in [4.69, 9.17) is 5.84 Å². The molecule has 0 spiro atoms. The summed E-state index contributed by atoms with van der Waals surface area (Å²) in [4.78, 5) is 0. The summed E-state index contributed by atoms with van der Waals surface area (Å²) in [6.07, 6.45) is 5.27. The molecule has 4 heteroatoms. The molecular formula is C6H7N4+. The number of nitrogens with zero attached hydrogens (tertiary/aromatic N) is 3. The molecule has 0 unspecified atom stereocenters. The smallest absolute Gasteiger partial charge is 0.269 e. The minimum atomic E-state index is 0.877. The highest BCUT2D eigenvalue weighted by Crippen LogP contribution is 1.90. The Morgan fingerprint density at radius 2 is 2.50 bits per heavy atom. The molecule has 0 amide bonds. The fraction of sp³-hybridized carbons (Fsp3) is 0. The normalized spacial score (nSPS) is 10.4. The molecule has 0 aliphatic heterocycles. The molecule has 0 saturated carbocycles. The molecule has 0 radical (unpaired) electrons. The van der Waals surface area contributed by atoms with Crippen LogP contribution in [-0.2, 0) is 0 Å². The van der Waals surface area contributed by atoms with Gasteiger partial charge in [0.2, 0.25) is 0 Å². The summed E-state index contributed by atoms with van der Waals surface area (Å²) in [6, 6.07) is 3.74. The van der Waals surface area contributed by atoms with Crippen molar-refractivity contribution in [2.24, 2.45) is 0 Å². The first-order valence-corrected chi connectivity index (χ1v) is 2.97. The van der Waals surface area contributed by atoms with Crippen molar-refractivity contribution in [1.82, 2.24) is 9.61 Å². The third-order valence-corrected chi connectivity index (χ3v) is 1.39. The fourth-order valence-electron chi connectivity index (χ4n) is 0.905. The van der Waals surface area contributed by atoms with Crippen molar-refractivity contribution in [3.05, 3.63) is 30.7 Å². The maximum Gasteiger partial charge on any atom is 0.330 e. The van der Waals surface area contributed by atoms with Crippen LogP contribution in [0, 0.1) is 0 Å². The summed E-state index contributed by atoms with van der Waals surface area (Å²) in [5.74, 6) is 5.53. The summed E-state index contributed by atoms with van der Waals surface area (Å²) < 4.78 is 3.23. The van der Waals surface area contributed by atoms with Crippen LogP contribution in [0.5, 0.6) is 0 Å². The van der Waals surface area contributed by atoms with Gasteiger partial charge in [-0.15, -0.1) is 4.68 Å². The number of rotatable bonds is 0. The lowest BCUT2D eigenvalue weighted by atomic mass is 10.6. The lowest BCUT2D eigenvalue weighted by molar-refractivity contribution is -0.611. The standard InChI is InChI=1S/C6H7N4/c7-9-4-5-10-6(9)2-1-3-8-10/h1-5H,7H2/q+1. The second-order valence-corrected chi connectivity index (χ2v) is 2.03. The van der Waals surface area contributed by atoms with E-state index in [1.807, 2.05) is 12.1 Å². The Morgan fingerprint density at radius 3 is 3.30 bits per heavy atom. The van der Waals surface area contributed by atoms with Gasteiger partial charge in [0.25, 0.3) is 0 Å². The molecule has 2 rings (SSSR count). The Bertz CT molecular complexity index is 351. The van der Waals surface area contributed by atoms with Gasteiger partial charge in [0.1, 0.15) is 0 Å². The first-order valence-electron chi connectivity index (χ1n) is 2.97. The van der Waals surface area contributed by atoms with E-state index in [2.05, 4.69) is 5.10 Å². The molecular weight excluding hydrogens is 128 g/mol. The number of fused-ring (bicyclic) bond motifs is 1. The van der Waals surface area contributed by atoms with E-state index in [-0.39, 0.29) is 0 Å². The topological polar surface area (TPSA) is 47.2 Å². The Morgan fingerprint density at radius 1 is 1.60 bits per heavy atom. The van der Waals surface area contributed by atoms with Gasteiger partial charge in [0.05, 0.1) is 6.20 Å². The average molecular weight is 135 g/mol. The SMILES string of the molecule is N[n+]1ccn2ncccc21. The first-order chi connectivity index (χ1) is 4.88. The van der Waals surface area contributed by atoms with E-state index in [0.29, 0.717) is 0 Å². The second-order valence-electron chi connectivity index (χ2n) is 2.03. The number of nitrogen functional groups attached to an aromatic ring is 1. The van der Waals surface area contributed by atoms with Gasteiger partial charge in [0.15, 0.2) is 12.4 Å². The van der Waals surface area contributed by atoms with Gasteiger partial charge in [-0.2, -0.15) is 0 Å². The summed E-state index contributed by atoms with van der Waals surface area (Å²) in [5, 5.41) is 4.02. The molecule has 0 bridgehead atoms. The van der Waals surface area contributed by atoms with E-state index in [1.54, 1.807) is 23.1 Å². The van der Waals surface area contributed by atoms with Gasteiger partial charge in [-0.05, 0) is 6.07 Å². The first kappa shape index (κ1) is 5.22. The van der Waals surface area contributed by atoms with Crippen LogP contribution in [0.2, 0.25) is 0 Å². The van der Waals surface area contributed by atoms with Gasteiger partial charge in [-0.1, -0.05) is 9.61 Å². The zero-order valence-electron chi connectivity index (χ0n) is 5.31. The molecule has 4 nitrogen and oxygen atoms in total. The van der Waals surface area contributed by atoms with Crippen LogP contribution < -0.4 is 10.5 Å². The van der Waals surface area contributed by atoms with E-state index >= 15 is 0 Å². The summed E-state index contributed by atoms with van der Waals surface area (Å²) >= 11 is 0. The predicted molar refractivity (Wildman–Crippen MR) is 35.5 cm³/mol. The van der Waals surface area contributed by atoms with Crippen LogP contribution in [0.3, 0.4) is 0 Å². The molecule has 50 valence electrons. The van der Waals surface area contributed by atoms with Crippen LogP contribution in [0.4, 0.5) is 0 Å². The van der Waals surface area contributed by atoms with Crippen molar-refractivity contribution in [2.75, 3.05) is 5.84 Å². The van der Waals surface area contributed by atoms with Crippen LogP contribution in [0.25, 0.3) is 5.65 Å². The Kier molecular flexibility index (Phi) is 0.887. The Labute approximate surface area is 57.5 Å². The third-order valence-electron chi connectivity index (χ3n) is 1.39. The maximum atomic E-state index is 5.53. The highest BCUT2D eigenvalue weighted by atomic mass is 15.4. The van der Waals surface area contributed by atoms with Crippen molar-refractivity contribution < 1.29 is 4.68 Å². The van der Waals surface area contributed by atoms with E-state index in [9.17, 15) is 0 Å². The number of nitrogens with two attached hydrogens (primary N) is 1. The quantitative estimate of drug-likeness (QED) is 0.385. The highest BCUT2D eigenvalue weighted by Gasteiger charge is 2.03. The highest BCUT2D eigenvalue weighted by molar-refractivity contribution is 5.27. The van der Waals surface area contributed by atoms with Crippen LogP contribution >= 0.6 is 0 Å². The largest absolute Gasteiger partial charge is 0.330 e. The van der Waals surface area contributed by atoms with Gasteiger partial charge < -0.3 is 0 Å². The maximum absolute atomic E-state index is 5.53. The van der Waals surface area contributed by atoms with Gasteiger partial charge in [-0.25, -0.2) is 0 Å². The number of hydrogen-bond donors (Lipinski definition) is 1. The van der Waals surface area contributed by atoms with Crippen molar-refractivity contribution in [3.63, 3.8) is 0 Å². The monoisotopic (exact) mass is 135 g/mol. The molecule has 0 atom stereocenters. The summed E-state index contributed by atoms with van der Waals surface area (Å²) in [7, 11) is 0. The number of imidazole rings is 1. The van der Waals surface area contributed by atoms with E-state index in [0.717, 1.165) is 5.65 Å². The van der Waals surface area contributed by atoms with Gasteiger partial charge in [0, 0.05) is 6.07 Å². The Hall–Kier alpha value is -1.58. The molecule has 0 aliphatic rings. The minimum Gasteiger partial charge on any atom is -0.269 e. The molecule has 0 aliphatic carbocycles. The minimum absolute atomic E-state index is 0.877. The molecule has 2 aromatic heterocycles. The molecule has 10 heavy (non-hydrogen) atoms. The summed E-state index contributed by atoms with van der Waals surface area (Å²) in [6.45, 7) is 0. The molecule has 2 N–H and O–H groups in total. The fourth-order valence-corrected chi connectivity index (χ4v) is 0.905. The van der Waals surface area contributed by atoms with Crippen molar-refractivity contribution in [1.29, 1.82) is 0 Å². The third kappa shape index (κ3) is 0.556. The molecule has 2 aromatic rings. The second kappa shape index (κ2) is 1.70. The zero-order chi connectivity index (χ0) is 6.97. The van der Waals surface area contributed by atoms with Crippen molar-refractivity contribution in [3.8, 4) is 0 Å². The van der Waals surface area contributed by atoms with E-state index < -0.39 is 0 Å². The molecule has 0 fully saturated rings. The summed E-state index contributed by atoms with van der Waals surface area (Å²) in [5.41, 5.74) is 0.877. The lowest BCUT2D eigenvalue weighted by Gasteiger charge is -1.82. The zero-order valence-corrected chi connectivity index (χ0v) is 5.31. The van der Waals surface area contributed by atoms with Crippen LogP contribution in [0.15, 0.2) is 30.7 Å². The van der Waals surface area contributed by atoms with Gasteiger partial charge in [-0.3, -0.25) is 5.84 Å². The number of aromatic nitrogens is 3. The molecule has 0 aromatic carbocycles. The lowest BCUT2D eigenvalue weighted by Crippen LogP contribution is -2.42. The average Bonchev–Trinajstić information content (AvgIpc) is 2.34.